The predicted molar refractivity (Wildman–Crippen MR) is 136 cm³/mol. The number of fused-ring (bicyclic) bond motifs is 2. The second-order valence-electron chi connectivity index (χ2n) is 11.3. The molecule has 2 unspecified atom stereocenters. The summed E-state index contributed by atoms with van der Waals surface area (Å²) < 4.78 is 51.4. The molecule has 2 saturated heterocycles. The Hall–Kier alpha value is -2.24. The van der Waals surface area contributed by atoms with Gasteiger partial charge < -0.3 is 19.3 Å². The van der Waals surface area contributed by atoms with E-state index < -0.39 is 17.2 Å². The minimum absolute atomic E-state index is 0.0717. The summed E-state index contributed by atoms with van der Waals surface area (Å²) in [7, 11) is 1.74. The first-order chi connectivity index (χ1) is 18.3. The minimum atomic E-state index is -4.46. The van der Waals surface area contributed by atoms with Crippen LogP contribution < -0.4 is 4.90 Å². The number of carbonyl (C=O) groups is 1. The Morgan fingerprint density at radius 2 is 2.21 bits per heavy atom. The number of halogens is 3. The van der Waals surface area contributed by atoms with Gasteiger partial charge in [-0.25, -0.2) is 4.98 Å². The lowest BCUT2D eigenvalue weighted by molar-refractivity contribution is -0.143. The van der Waals surface area contributed by atoms with Gasteiger partial charge in [-0.15, -0.1) is 11.3 Å². The third-order valence-corrected chi connectivity index (χ3v) is 9.95. The summed E-state index contributed by atoms with van der Waals surface area (Å²) in [6.45, 7) is 3.39. The molecular formula is C27H33F3N4O3S. The molecule has 0 radical (unpaired) electrons. The lowest BCUT2D eigenvalue weighted by Crippen LogP contribution is -2.48. The highest BCUT2D eigenvalue weighted by atomic mass is 32.1. The Morgan fingerprint density at radius 1 is 1.34 bits per heavy atom. The van der Waals surface area contributed by atoms with Crippen molar-refractivity contribution in [3.8, 4) is 0 Å². The van der Waals surface area contributed by atoms with Gasteiger partial charge in [-0.3, -0.25) is 9.78 Å². The lowest BCUT2D eigenvalue weighted by atomic mass is 9.78. The fraction of sp³-hybridized carbons (Fsp3) is 0.667. The number of amides is 1. The number of nitrogens with zero attached hydrogens (tertiary/aromatic N) is 4. The van der Waals surface area contributed by atoms with Gasteiger partial charge in [0.1, 0.15) is 0 Å². The van der Waals surface area contributed by atoms with E-state index in [1.165, 1.54) is 6.07 Å². The number of methoxy groups -OCH3 is 1. The van der Waals surface area contributed by atoms with Gasteiger partial charge in [0.15, 0.2) is 5.13 Å². The first kappa shape index (κ1) is 26.0. The highest BCUT2D eigenvalue weighted by Gasteiger charge is 2.59. The number of hydrogen-bond acceptors (Lipinski definition) is 7. The number of alkyl halides is 3. The minimum Gasteiger partial charge on any atom is -0.379 e. The van der Waals surface area contributed by atoms with E-state index in [0.29, 0.717) is 49.2 Å². The van der Waals surface area contributed by atoms with E-state index in [0.717, 1.165) is 50.2 Å². The second kappa shape index (κ2) is 10.1. The largest absolute Gasteiger partial charge is 0.417 e. The molecule has 5 atom stereocenters. The fourth-order valence-corrected chi connectivity index (χ4v) is 7.97. The molecule has 7 nitrogen and oxygen atoms in total. The Bertz CT molecular complexity index is 1160. The summed E-state index contributed by atoms with van der Waals surface area (Å²) >= 11 is 1.58. The van der Waals surface area contributed by atoms with Crippen molar-refractivity contribution in [1.82, 2.24) is 14.9 Å². The van der Waals surface area contributed by atoms with Crippen molar-refractivity contribution in [2.75, 3.05) is 44.9 Å². The van der Waals surface area contributed by atoms with E-state index in [1.54, 1.807) is 29.5 Å². The van der Waals surface area contributed by atoms with Gasteiger partial charge in [-0.1, -0.05) is 0 Å². The van der Waals surface area contributed by atoms with E-state index in [9.17, 15) is 18.0 Å². The molecule has 5 heterocycles. The zero-order valence-corrected chi connectivity index (χ0v) is 22.3. The second-order valence-corrected chi connectivity index (χ2v) is 12.2. The maximum atomic E-state index is 14.4. The Kier molecular flexibility index (Phi) is 6.88. The van der Waals surface area contributed by atoms with E-state index in [-0.39, 0.29) is 24.5 Å². The third-order valence-electron chi connectivity index (χ3n) is 9.12. The maximum Gasteiger partial charge on any atom is 0.417 e. The van der Waals surface area contributed by atoms with Gasteiger partial charge in [0.25, 0.3) is 0 Å². The van der Waals surface area contributed by atoms with Crippen molar-refractivity contribution in [1.29, 1.82) is 0 Å². The molecule has 4 aliphatic rings. The molecule has 3 aliphatic heterocycles. The van der Waals surface area contributed by atoms with Crippen LogP contribution in [0.2, 0.25) is 0 Å². The standard InChI is InChI=1S/C27H33F3N4O3S/c1-36-23-15-37-6-3-18(23)8-17-9-21-14-34(25-31-4-7-38-25)16-26(21,11-17)24(35)33-5-2-22-19(13-33)10-20(12-32-22)27(28,29)30/h4,7,10,12,17-18,21,23H,2-3,5-6,8-9,11,13-16H2,1H3/t17-,18?,21+,23?,26+/m1/s1. The average molecular weight is 551 g/mol. The predicted octanol–water partition coefficient (Wildman–Crippen LogP) is 4.42. The third kappa shape index (κ3) is 4.70. The van der Waals surface area contributed by atoms with Crippen LogP contribution in [0.25, 0.3) is 0 Å². The van der Waals surface area contributed by atoms with Crippen LogP contribution in [-0.2, 0) is 33.4 Å². The molecular weight excluding hydrogens is 517 g/mol. The number of hydrogen-bond donors (Lipinski definition) is 0. The van der Waals surface area contributed by atoms with E-state index >= 15 is 0 Å². The van der Waals surface area contributed by atoms with Gasteiger partial charge in [-0.2, -0.15) is 13.2 Å². The number of rotatable bonds is 5. The number of anilines is 1. The highest BCUT2D eigenvalue weighted by Crippen LogP contribution is 2.55. The SMILES string of the molecule is COC1COCCC1C[C@@H]1C[C@H]2CN(c3nccs3)C[C@@]2(C(=O)N2CCc3ncc(C(F)(F)F)cc3C2)C1. The summed E-state index contributed by atoms with van der Waals surface area (Å²) in [6.07, 6.45) is 2.50. The molecule has 1 amide bonds. The fourth-order valence-electron chi connectivity index (χ4n) is 7.32. The van der Waals surface area contributed by atoms with Gasteiger partial charge in [0, 0.05) is 69.8 Å². The molecule has 11 heteroatoms. The summed E-state index contributed by atoms with van der Waals surface area (Å²) in [6, 6.07) is 1.17. The molecule has 2 aromatic heterocycles. The number of ether oxygens (including phenoxy) is 2. The Balaban J connectivity index is 1.24. The van der Waals surface area contributed by atoms with Crippen molar-refractivity contribution in [3.63, 3.8) is 0 Å². The van der Waals surface area contributed by atoms with Crippen molar-refractivity contribution in [2.24, 2.45) is 23.2 Å². The van der Waals surface area contributed by atoms with Crippen molar-refractivity contribution < 1.29 is 27.4 Å². The zero-order chi connectivity index (χ0) is 26.5. The van der Waals surface area contributed by atoms with Gasteiger partial charge in [-0.05, 0) is 55.1 Å². The van der Waals surface area contributed by atoms with Crippen LogP contribution in [0.3, 0.4) is 0 Å². The quantitative estimate of drug-likeness (QED) is 0.549. The summed E-state index contributed by atoms with van der Waals surface area (Å²) in [5, 5.41) is 2.87. The van der Waals surface area contributed by atoms with Crippen LogP contribution in [0.4, 0.5) is 18.3 Å². The molecule has 0 bridgehead atoms. The number of carbonyl (C=O) groups excluding carboxylic acids is 1. The molecule has 206 valence electrons. The van der Waals surface area contributed by atoms with Crippen molar-refractivity contribution in [2.45, 2.75) is 50.9 Å². The summed E-state index contributed by atoms with van der Waals surface area (Å²) in [5.74, 6) is 1.07. The first-order valence-corrected chi connectivity index (χ1v) is 14.2. The monoisotopic (exact) mass is 550 g/mol. The number of thiazole rings is 1. The van der Waals surface area contributed by atoms with Crippen LogP contribution in [0.5, 0.6) is 0 Å². The first-order valence-electron chi connectivity index (χ1n) is 13.4. The molecule has 1 saturated carbocycles. The van der Waals surface area contributed by atoms with E-state index in [4.69, 9.17) is 9.47 Å². The van der Waals surface area contributed by atoms with Crippen LogP contribution in [0.1, 0.15) is 42.5 Å². The molecule has 38 heavy (non-hydrogen) atoms. The smallest absolute Gasteiger partial charge is 0.379 e. The van der Waals surface area contributed by atoms with Crippen molar-refractivity contribution in [3.05, 3.63) is 40.7 Å². The summed E-state index contributed by atoms with van der Waals surface area (Å²) in [5.41, 5.74) is -0.165. The Labute approximate surface area is 224 Å². The molecule has 1 aliphatic carbocycles. The van der Waals surface area contributed by atoms with Gasteiger partial charge >= 0.3 is 6.18 Å². The maximum absolute atomic E-state index is 14.4. The lowest BCUT2D eigenvalue weighted by Gasteiger charge is -2.37. The molecule has 0 aromatic carbocycles. The average Bonchev–Trinajstić information content (AvgIpc) is 3.63. The number of pyridine rings is 1. The molecule has 0 spiro atoms. The van der Waals surface area contributed by atoms with Gasteiger partial charge in [0.05, 0.1) is 23.7 Å². The van der Waals surface area contributed by atoms with Crippen molar-refractivity contribution >= 4 is 22.4 Å². The molecule has 3 fully saturated rings. The topological polar surface area (TPSA) is 67.8 Å². The van der Waals surface area contributed by atoms with Gasteiger partial charge in [0.2, 0.25) is 5.91 Å². The zero-order valence-electron chi connectivity index (χ0n) is 21.5. The van der Waals surface area contributed by atoms with E-state index in [1.807, 2.05) is 5.38 Å². The van der Waals surface area contributed by atoms with E-state index in [2.05, 4.69) is 14.9 Å². The molecule has 2 aromatic rings. The van der Waals surface area contributed by atoms with Crippen LogP contribution in [0.15, 0.2) is 23.8 Å². The summed E-state index contributed by atoms with van der Waals surface area (Å²) in [4.78, 5) is 27.0. The molecule has 6 rings (SSSR count). The normalized spacial score (nSPS) is 31.4. The highest BCUT2D eigenvalue weighted by molar-refractivity contribution is 7.13. The van der Waals surface area contributed by atoms with Crippen LogP contribution in [-0.4, -0.2) is 66.8 Å². The molecule has 0 N–H and O–H groups in total. The van der Waals surface area contributed by atoms with Crippen LogP contribution >= 0.6 is 11.3 Å². The van der Waals surface area contributed by atoms with Crippen LogP contribution in [0, 0.1) is 23.2 Å². The number of aromatic nitrogens is 2. The Morgan fingerprint density at radius 3 is 2.97 bits per heavy atom.